The molecular formula is C17H17N3O5S. The van der Waals surface area contributed by atoms with Gasteiger partial charge in [-0.05, 0) is 37.8 Å². The first-order valence-corrected chi connectivity index (χ1v) is 8.57. The smallest absolute Gasteiger partial charge is 0.355 e. The van der Waals surface area contributed by atoms with Gasteiger partial charge in [0.1, 0.15) is 16.8 Å². The second-order valence-corrected chi connectivity index (χ2v) is 6.16. The number of H-pyrrole nitrogens is 1. The minimum Gasteiger partial charge on any atom is -0.461 e. The molecule has 2 aromatic rings. The van der Waals surface area contributed by atoms with Crippen molar-refractivity contribution in [1.29, 1.82) is 5.26 Å². The van der Waals surface area contributed by atoms with Gasteiger partial charge in [0.05, 0.1) is 17.7 Å². The third-order valence-electron chi connectivity index (χ3n) is 3.49. The Balaban J connectivity index is 2.03. The summed E-state index contributed by atoms with van der Waals surface area (Å²) in [6, 6.07) is 3.53. The molecule has 0 aliphatic rings. The number of aryl methyl sites for hydroxylation is 1. The number of aromatic amines is 1. The highest BCUT2D eigenvalue weighted by Gasteiger charge is 2.24. The van der Waals surface area contributed by atoms with Crippen LogP contribution in [0.25, 0.3) is 0 Å². The van der Waals surface area contributed by atoms with Crippen LogP contribution in [0.3, 0.4) is 0 Å². The Bertz CT molecular complexity index is 891. The number of nitrogens with zero attached hydrogens (tertiary/aromatic N) is 1. The van der Waals surface area contributed by atoms with Gasteiger partial charge in [0, 0.05) is 5.69 Å². The molecule has 0 bridgehead atoms. The zero-order valence-corrected chi connectivity index (χ0v) is 15.3. The Hall–Kier alpha value is -3.12. The van der Waals surface area contributed by atoms with E-state index in [0.717, 1.165) is 0 Å². The van der Waals surface area contributed by atoms with E-state index in [-0.39, 0.29) is 17.9 Å². The fraction of sp³-hybridized carbons (Fsp3) is 0.294. The number of carbonyl (C=O) groups excluding carboxylic acids is 3. The number of thiophene rings is 1. The average Bonchev–Trinajstić information content (AvgIpc) is 3.16. The van der Waals surface area contributed by atoms with Crippen LogP contribution in [-0.4, -0.2) is 36.0 Å². The number of hydrogen-bond donors (Lipinski definition) is 2. The number of amides is 1. The van der Waals surface area contributed by atoms with Gasteiger partial charge in [-0.15, -0.1) is 11.3 Å². The molecule has 0 radical (unpaired) electrons. The van der Waals surface area contributed by atoms with Gasteiger partial charge in [0.25, 0.3) is 5.91 Å². The Labute approximate surface area is 153 Å². The molecule has 0 atom stereocenters. The molecule has 0 saturated heterocycles. The van der Waals surface area contributed by atoms with E-state index in [1.165, 1.54) is 11.3 Å². The molecule has 0 aliphatic heterocycles. The third kappa shape index (κ3) is 4.10. The largest absolute Gasteiger partial charge is 0.461 e. The molecule has 2 heterocycles. The first-order valence-electron chi connectivity index (χ1n) is 7.69. The fourth-order valence-electron chi connectivity index (χ4n) is 2.32. The predicted octanol–water partition coefficient (Wildman–Crippen LogP) is 2.54. The molecule has 0 aromatic carbocycles. The van der Waals surface area contributed by atoms with E-state index in [2.05, 4.69) is 10.3 Å². The van der Waals surface area contributed by atoms with Gasteiger partial charge in [-0.25, -0.2) is 9.59 Å². The van der Waals surface area contributed by atoms with Crippen LogP contribution in [0.4, 0.5) is 5.00 Å². The van der Waals surface area contributed by atoms with Crippen LogP contribution in [0.15, 0.2) is 11.4 Å². The molecule has 2 aromatic heterocycles. The lowest BCUT2D eigenvalue weighted by molar-refractivity contribution is -0.119. The predicted molar refractivity (Wildman–Crippen MR) is 94.2 cm³/mol. The summed E-state index contributed by atoms with van der Waals surface area (Å²) in [5.74, 6) is -1.85. The fourth-order valence-corrected chi connectivity index (χ4v) is 3.08. The Morgan fingerprint density at radius 1 is 1.27 bits per heavy atom. The zero-order valence-electron chi connectivity index (χ0n) is 14.5. The molecule has 136 valence electrons. The molecule has 0 fully saturated rings. The molecule has 26 heavy (non-hydrogen) atoms. The van der Waals surface area contributed by atoms with Gasteiger partial charge >= 0.3 is 11.9 Å². The van der Waals surface area contributed by atoms with E-state index in [1.807, 2.05) is 6.07 Å². The lowest BCUT2D eigenvalue weighted by Crippen LogP contribution is -2.21. The summed E-state index contributed by atoms with van der Waals surface area (Å²) < 4.78 is 9.95. The number of anilines is 1. The molecular weight excluding hydrogens is 358 g/mol. The number of ether oxygens (including phenoxy) is 2. The van der Waals surface area contributed by atoms with E-state index in [9.17, 15) is 14.4 Å². The van der Waals surface area contributed by atoms with Gasteiger partial charge in [-0.1, -0.05) is 0 Å². The maximum Gasteiger partial charge on any atom is 0.355 e. The number of esters is 2. The first kappa shape index (κ1) is 19.2. The molecule has 1 amide bonds. The maximum atomic E-state index is 12.3. The second kappa shape index (κ2) is 8.31. The Morgan fingerprint density at radius 2 is 2.00 bits per heavy atom. The van der Waals surface area contributed by atoms with Crippen LogP contribution in [0.1, 0.15) is 44.6 Å². The lowest BCUT2D eigenvalue weighted by Gasteiger charge is -2.06. The third-order valence-corrected chi connectivity index (χ3v) is 4.32. The molecule has 2 rings (SSSR count). The van der Waals surface area contributed by atoms with Crippen LogP contribution in [0.2, 0.25) is 0 Å². The summed E-state index contributed by atoms with van der Waals surface area (Å²) in [7, 11) is 0. The van der Waals surface area contributed by atoms with Crippen molar-refractivity contribution in [2.45, 2.75) is 20.8 Å². The van der Waals surface area contributed by atoms with E-state index < -0.39 is 24.5 Å². The minimum atomic E-state index is -0.728. The number of rotatable bonds is 6. The molecule has 2 N–H and O–H groups in total. The molecule has 0 saturated carbocycles. The summed E-state index contributed by atoms with van der Waals surface area (Å²) >= 11 is 1.20. The summed E-state index contributed by atoms with van der Waals surface area (Å²) in [5, 5.41) is 13.5. The highest BCUT2D eigenvalue weighted by Crippen LogP contribution is 2.22. The lowest BCUT2D eigenvalue weighted by atomic mass is 10.1. The molecule has 9 heteroatoms. The maximum absolute atomic E-state index is 12.3. The van der Waals surface area contributed by atoms with Crippen molar-refractivity contribution in [3.05, 3.63) is 39.5 Å². The van der Waals surface area contributed by atoms with Crippen LogP contribution in [0.5, 0.6) is 0 Å². The van der Waals surface area contributed by atoms with E-state index in [4.69, 9.17) is 14.7 Å². The summed E-state index contributed by atoms with van der Waals surface area (Å²) in [4.78, 5) is 38.9. The van der Waals surface area contributed by atoms with Gasteiger partial charge < -0.3 is 19.8 Å². The molecule has 0 spiro atoms. The summed E-state index contributed by atoms with van der Waals surface area (Å²) in [6.07, 6.45) is 0. The second-order valence-electron chi connectivity index (χ2n) is 5.24. The van der Waals surface area contributed by atoms with Crippen LogP contribution in [-0.2, 0) is 14.3 Å². The number of aromatic nitrogens is 1. The van der Waals surface area contributed by atoms with Gasteiger partial charge in [0.2, 0.25) is 0 Å². The zero-order chi connectivity index (χ0) is 19.3. The quantitative estimate of drug-likeness (QED) is 0.748. The topological polar surface area (TPSA) is 121 Å². The van der Waals surface area contributed by atoms with Crippen molar-refractivity contribution < 1.29 is 23.9 Å². The van der Waals surface area contributed by atoms with Crippen LogP contribution < -0.4 is 5.32 Å². The first-order chi connectivity index (χ1) is 12.4. The SMILES string of the molecule is CCOC(=O)c1[nH]c(C)c(C(=O)OCC(=O)Nc2sccc2C#N)c1C. The monoisotopic (exact) mass is 375 g/mol. The Morgan fingerprint density at radius 3 is 2.65 bits per heavy atom. The molecule has 8 nitrogen and oxygen atoms in total. The van der Waals surface area contributed by atoms with Crippen molar-refractivity contribution in [1.82, 2.24) is 4.98 Å². The average molecular weight is 375 g/mol. The number of nitriles is 1. The van der Waals surface area contributed by atoms with Crippen LogP contribution in [0, 0.1) is 25.2 Å². The van der Waals surface area contributed by atoms with Crippen molar-refractivity contribution >= 4 is 34.2 Å². The van der Waals surface area contributed by atoms with E-state index in [1.54, 1.807) is 32.2 Å². The summed E-state index contributed by atoms with van der Waals surface area (Å²) in [5.41, 5.74) is 1.55. The van der Waals surface area contributed by atoms with Crippen molar-refractivity contribution in [2.75, 3.05) is 18.5 Å². The molecule has 0 unspecified atom stereocenters. The van der Waals surface area contributed by atoms with E-state index >= 15 is 0 Å². The Kier molecular flexibility index (Phi) is 6.14. The molecule has 0 aliphatic carbocycles. The van der Waals surface area contributed by atoms with Crippen molar-refractivity contribution in [3.8, 4) is 6.07 Å². The standard InChI is InChI=1S/C17H17N3O5S/c1-4-24-17(23)14-9(2)13(10(3)19-14)16(22)25-8-12(21)20-15-11(7-18)5-6-26-15/h5-6,19H,4,8H2,1-3H3,(H,20,21). The normalized spacial score (nSPS) is 10.1. The van der Waals surface area contributed by atoms with Crippen LogP contribution >= 0.6 is 11.3 Å². The van der Waals surface area contributed by atoms with Crippen molar-refractivity contribution in [2.24, 2.45) is 0 Å². The number of hydrogen-bond acceptors (Lipinski definition) is 7. The number of nitrogens with one attached hydrogen (secondary N) is 2. The minimum absolute atomic E-state index is 0.179. The summed E-state index contributed by atoms with van der Waals surface area (Å²) in [6.45, 7) is 4.60. The van der Waals surface area contributed by atoms with Crippen molar-refractivity contribution in [3.63, 3.8) is 0 Å². The highest BCUT2D eigenvalue weighted by atomic mass is 32.1. The van der Waals surface area contributed by atoms with Gasteiger partial charge in [-0.3, -0.25) is 4.79 Å². The highest BCUT2D eigenvalue weighted by molar-refractivity contribution is 7.14. The van der Waals surface area contributed by atoms with Gasteiger partial charge in [0.15, 0.2) is 6.61 Å². The van der Waals surface area contributed by atoms with Gasteiger partial charge in [-0.2, -0.15) is 5.26 Å². The van der Waals surface area contributed by atoms with E-state index in [0.29, 0.717) is 21.8 Å². The number of carbonyl (C=O) groups is 3.